The lowest BCUT2D eigenvalue weighted by Gasteiger charge is -2.42. The van der Waals surface area contributed by atoms with E-state index in [0.29, 0.717) is 26.1 Å². The number of benzene rings is 2. The lowest BCUT2D eigenvalue weighted by Crippen LogP contribution is -2.60. The van der Waals surface area contributed by atoms with Crippen LogP contribution in [-0.2, 0) is 20.9 Å². The van der Waals surface area contributed by atoms with Gasteiger partial charge in [-0.2, -0.15) is 0 Å². The van der Waals surface area contributed by atoms with Gasteiger partial charge in [0.1, 0.15) is 18.2 Å². The number of rotatable bonds is 3. The highest BCUT2D eigenvalue weighted by atomic mass is 16.6. The number of amides is 3. The van der Waals surface area contributed by atoms with E-state index in [-0.39, 0.29) is 25.1 Å². The number of nitrogens with one attached hydrogen (secondary N) is 2. The van der Waals surface area contributed by atoms with E-state index < -0.39 is 23.8 Å². The van der Waals surface area contributed by atoms with Crippen molar-refractivity contribution in [2.45, 2.75) is 51.5 Å². The van der Waals surface area contributed by atoms with Gasteiger partial charge in [0.05, 0.1) is 12.6 Å². The number of hydrogen-bond acceptors (Lipinski definition) is 6. The van der Waals surface area contributed by atoms with Crippen molar-refractivity contribution in [3.8, 4) is 0 Å². The second kappa shape index (κ2) is 12.0. The summed E-state index contributed by atoms with van der Waals surface area (Å²) in [5, 5.41) is 5.94. The van der Waals surface area contributed by atoms with Crippen molar-refractivity contribution in [1.29, 1.82) is 0 Å². The molecule has 0 saturated carbocycles. The van der Waals surface area contributed by atoms with Crippen molar-refractivity contribution in [3.63, 3.8) is 0 Å². The molecule has 2 aliphatic heterocycles. The first-order valence-electron chi connectivity index (χ1n) is 12.9. The summed E-state index contributed by atoms with van der Waals surface area (Å²) < 4.78 is 11.0. The topological polar surface area (TPSA) is 100 Å². The smallest absolute Gasteiger partial charge is 0.410 e. The van der Waals surface area contributed by atoms with E-state index in [1.165, 1.54) is 0 Å². The van der Waals surface area contributed by atoms with Gasteiger partial charge in [0.25, 0.3) is 0 Å². The number of piperazine rings is 1. The molecular formula is C29H36N4O5. The molecule has 2 aromatic carbocycles. The maximum Gasteiger partial charge on any atom is 0.410 e. The fraction of sp³-hybridized carbons (Fsp3) is 0.414. The molecule has 2 bridgehead atoms. The van der Waals surface area contributed by atoms with Gasteiger partial charge in [-0.15, -0.1) is 0 Å². The van der Waals surface area contributed by atoms with Crippen molar-refractivity contribution in [2.24, 2.45) is 0 Å². The van der Waals surface area contributed by atoms with Gasteiger partial charge in [-0.05, 0) is 50.5 Å². The lowest BCUT2D eigenvalue weighted by atomic mass is 10.0. The van der Waals surface area contributed by atoms with Crippen molar-refractivity contribution >= 4 is 23.8 Å². The van der Waals surface area contributed by atoms with E-state index in [1.807, 2.05) is 92.4 Å². The van der Waals surface area contributed by atoms with Crippen LogP contribution in [0.4, 0.5) is 15.3 Å². The molecule has 38 heavy (non-hydrogen) atoms. The molecule has 2 heterocycles. The molecule has 2 aromatic rings. The summed E-state index contributed by atoms with van der Waals surface area (Å²) in [6, 6.07) is 16.4. The molecule has 1 saturated heterocycles. The number of fused-ring (bicyclic) bond motifs is 4. The Hall–Kier alpha value is -4.01. The minimum absolute atomic E-state index is 0.159. The Labute approximate surface area is 223 Å². The summed E-state index contributed by atoms with van der Waals surface area (Å²) in [5.74, 6) is -0.159. The van der Waals surface area contributed by atoms with Gasteiger partial charge >= 0.3 is 12.2 Å². The van der Waals surface area contributed by atoms with E-state index in [0.717, 1.165) is 16.8 Å². The molecule has 1 fully saturated rings. The Balaban J connectivity index is 1.52. The average Bonchev–Trinajstić information content (AvgIpc) is 2.90. The number of carbonyl (C=O) groups excluding carboxylic acids is 3. The molecule has 3 amide bonds. The number of hydrogen-bond donors (Lipinski definition) is 2. The van der Waals surface area contributed by atoms with Gasteiger partial charge in [-0.1, -0.05) is 54.6 Å². The van der Waals surface area contributed by atoms with Crippen LogP contribution in [0, 0.1) is 0 Å². The molecule has 4 rings (SSSR count). The van der Waals surface area contributed by atoms with Gasteiger partial charge in [0.15, 0.2) is 0 Å². The SMILES string of the molecule is CC(C)(C)OC(=O)N1CCN2c3cccc(c3)[C@@H](NC(=O)OCc3ccccc3)C/C=C\CNC(=O)[C@H]2C1. The average molecular weight is 521 g/mol. The van der Waals surface area contributed by atoms with E-state index in [9.17, 15) is 14.4 Å². The Morgan fingerprint density at radius 3 is 2.61 bits per heavy atom. The maximum atomic E-state index is 13.2. The van der Waals surface area contributed by atoms with Crippen molar-refractivity contribution in [3.05, 3.63) is 77.9 Å². The van der Waals surface area contributed by atoms with Crippen molar-refractivity contribution in [2.75, 3.05) is 31.1 Å². The van der Waals surface area contributed by atoms with Gasteiger partial charge in [0.2, 0.25) is 5.91 Å². The normalized spacial score (nSPS) is 20.7. The quantitative estimate of drug-likeness (QED) is 0.590. The van der Waals surface area contributed by atoms with E-state index in [1.54, 1.807) is 4.90 Å². The molecule has 2 N–H and O–H groups in total. The van der Waals surface area contributed by atoms with Crippen LogP contribution < -0.4 is 15.5 Å². The number of carbonyl (C=O) groups is 3. The monoisotopic (exact) mass is 520 g/mol. The summed E-state index contributed by atoms with van der Waals surface area (Å²) in [6.07, 6.45) is 3.41. The lowest BCUT2D eigenvalue weighted by molar-refractivity contribution is -0.123. The van der Waals surface area contributed by atoms with Crippen LogP contribution in [-0.4, -0.2) is 60.8 Å². The van der Waals surface area contributed by atoms with Crippen molar-refractivity contribution < 1.29 is 23.9 Å². The Kier molecular flexibility index (Phi) is 8.55. The number of ether oxygens (including phenoxy) is 2. The number of alkyl carbamates (subject to hydrolysis) is 1. The number of nitrogens with zero attached hydrogens (tertiary/aromatic N) is 2. The van der Waals surface area contributed by atoms with Crippen LogP contribution in [0.1, 0.15) is 44.4 Å². The molecule has 0 aromatic heterocycles. The Morgan fingerprint density at radius 2 is 1.84 bits per heavy atom. The molecule has 0 aliphatic carbocycles. The first-order chi connectivity index (χ1) is 18.2. The highest BCUT2D eigenvalue weighted by molar-refractivity contribution is 5.87. The third-order valence-corrected chi connectivity index (χ3v) is 6.38. The second-order valence-corrected chi connectivity index (χ2v) is 10.4. The van der Waals surface area contributed by atoms with Crippen LogP contribution in [0.5, 0.6) is 0 Å². The maximum absolute atomic E-state index is 13.2. The zero-order valence-electron chi connectivity index (χ0n) is 22.2. The van der Waals surface area contributed by atoms with Crippen LogP contribution in [0.2, 0.25) is 0 Å². The zero-order chi connectivity index (χ0) is 27.1. The predicted molar refractivity (Wildman–Crippen MR) is 145 cm³/mol. The molecule has 0 radical (unpaired) electrons. The molecule has 0 unspecified atom stereocenters. The van der Waals surface area contributed by atoms with E-state index >= 15 is 0 Å². The minimum Gasteiger partial charge on any atom is -0.445 e. The second-order valence-electron chi connectivity index (χ2n) is 10.4. The van der Waals surface area contributed by atoms with Crippen LogP contribution in [0.3, 0.4) is 0 Å². The number of anilines is 1. The highest BCUT2D eigenvalue weighted by Gasteiger charge is 2.36. The highest BCUT2D eigenvalue weighted by Crippen LogP contribution is 2.27. The third-order valence-electron chi connectivity index (χ3n) is 6.38. The largest absolute Gasteiger partial charge is 0.445 e. The first kappa shape index (κ1) is 27.0. The van der Waals surface area contributed by atoms with Crippen LogP contribution in [0.25, 0.3) is 0 Å². The molecule has 9 nitrogen and oxygen atoms in total. The van der Waals surface area contributed by atoms with Crippen LogP contribution >= 0.6 is 0 Å². The summed E-state index contributed by atoms with van der Waals surface area (Å²) in [4.78, 5) is 42.1. The van der Waals surface area contributed by atoms with Gasteiger partial charge in [0, 0.05) is 25.3 Å². The Bertz CT molecular complexity index is 1160. The summed E-state index contributed by atoms with van der Waals surface area (Å²) >= 11 is 0. The first-order valence-corrected chi connectivity index (χ1v) is 12.9. The van der Waals surface area contributed by atoms with Crippen molar-refractivity contribution in [1.82, 2.24) is 15.5 Å². The zero-order valence-corrected chi connectivity index (χ0v) is 22.2. The predicted octanol–water partition coefficient (Wildman–Crippen LogP) is 4.16. The van der Waals surface area contributed by atoms with Gasteiger partial charge < -0.3 is 29.9 Å². The molecule has 9 heteroatoms. The van der Waals surface area contributed by atoms with E-state index in [4.69, 9.17) is 9.47 Å². The molecule has 2 aliphatic rings. The standard InChI is InChI=1S/C29H36N4O5/c1-29(2,3)38-28(36)32-16-17-33-23-13-9-12-22(18-23)24(14-7-8-15-30-26(34)25(33)19-32)31-27(35)37-20-21-10-5-4-6-11-21/h4-13,18,24-25H,14-17,19-20H2,1-3H3,(H,30,34)(H,31,35)/b8-7-/t24-,25+/m0/s1. The van der Waals surface area contributed by atoms with Crippen LogP contribution in [0.15, 0.2) is 66.7 Å². The molecular weight excluding hydrogens is 484 g/mol. The summed E-state index contributed by atoms with van der Waals surface area (Å²) in [5.41, 5.74) is 2.04. The minimum atomic E-state index is -0.619. The molecule has 0 spiro atoms. The summed E-state index contributed by atoms with van der Waals surface area (Å²) in [6.45, 7) is 7.10. The fourth-order valence-electron chi connectivity index (χ4n) is 4.51. The summed E-state index contributed by atoms with van der Waals surface area (Å²) in [7, 11) is 0. The molecule has 202 valence electrons. The Morgan fingerprint density at radius 1 is 1.05 bits per heavy atom. The van der Waals surface area contributed by atoms with Gasteiger partial charge in [-0.3, -0.25) is 4.79 Å². The van der Waals surface area contributed by atoms with Gasteiger partial charge in [-0.25, -0.2) is 9.59 Å². The third kappa shape index (κ3) is 7.27. The fourth-order valence-corrected chi connectivity index (χ4v) is 4.51. The van der Waals surface area contributed by atoms with E-state index in [2.05, 4.69) is 10.6 Å². The molecule has 2 atom stereocenters.